The SMILES string of the molecule is O=C(CNC(=O)c1ccc(Cl)c(Cl)c1)NN=Cc1c2ccccc2cc2ccccc12. The molecule has 31 heavy (non-hydrogen) atoms. The Morgan fingerprint density at radius 1 is 0.839 bits per heavy atom. The molecular formula is C24H17Cl2N3O2. The summed E-state index contributed by atoms with van der Waals surface area (Å²) in [5.74, 6) is -0.882. The van der Waals surface area contributed by atoms with Crippen molar-refractivity contribution in [2.24, 2.45) is 5.10 Å². The van der Waals surface area contributed by atoms with Crippen LogP contribution in [0.5, 0.6) is 0 Å². The molecule has 0 aliphatic heterocycles. The van der Waals surface area contributed by atoms with Crippen molar-refractivity contribution in [1.29, 1.82) is 0 Å². The molecule has 0 bridgehead atoms. The molecule has 5 nitrogen and oxygen atoms in total. The maximum atomic E-state index is 12.2. The van der Waals surface area contributed by atoms with E-state index in [1.54, 1.807) is 6.21 Å². The number of rotatable bonds is 5. The summed E-state index contributed by atoms with van der Waals surface area (Å²) in [5.41, 5.74) is 3.68. The number of hydrogen-bond donors (Lipinski definition) is 2. The molecule has 4 aromatic carbocycles. The fraction of sp³-hybridized carbons (Fsp3) is 0.0417. The first-order valence-electron chi connectivity index (χ1n) is 9.48. The molecule has 0 fully saturated rings. The summed E-state index contributed by atoms with van der Waals surface area (Å²) in [6.45, 7) is -0.229. The molecule has 2 amide bonds. The van der Waals surface area contributed by atoms with E-state index in [0.717, 1.165) is 27.1 Å². The third-order valence-corrected chi connectivity index (χ3v) is 5.53. The highest BCUT2D eigenvalue weighted by molar-refractivity contribution is 6.42. The first-order valence-corrected chi connectivity index (χ1v) is 10.2. The lowest BCUT2D eigenvalue weighted by Gasteiger charge is -2.08. The van der Waals surface area contributed by atoms with Gasteiger partial charge in [-0.3, -0.25) is 9.59 Å². The number of hydrogen-bond acceptors (Lipinski definition) is 3. The number of carbonyl (C=O) groups is 2. The summed E-state index contributed by atoms with van der Waals surface area (Å²) in [5, 5.41) is 11.5. The second-order valence-electron chi connectivity index (χ2n) is 6.84. The summed E-state index contributed by atoms with van der Waals surface area (Å²) >= 11 is 11.8. The summed E-state index contributed by atoms with van der Waals surface area (Å²) in [6.07, 6.45) is 1.63. The number of halogens is 2. The Bertz CT molecular complexity index is 1280. The van der Waals surface area contributed by atoms with Crippen molar-refractivity contribution in [2.45, 2.75) is 0 Å². The van der Waals surface area contributed by atoms with Gasteiger partial charge in [-0.05, 0) is 45.8 Å². The van der Waals surface area contributed by atoms with Gasteiger partial charge in [-0.2, -0.15) is 5.10 Å². The number of nitrogens with one attached hydrogen (secondary N) is 2. The van der Waals surface area contributed by atoms with E-state index in [2.05, 4.69) is 21.9 Å². The Balaban J connectivity index is 1.46. The van der Waals surface area contributed by atoms with Gasteiger partial charge in [-0.15, -0.1) is 0 Å². The van der Waals surface area contributed by atoms with Crippen LogP contribution < -0.4 is 10.7 Å². The molecule has 0 saturated heterocycles. The molecule has 7 heteroatoms. The molecule has 0 aliphatic rings. The average molecular weight is 450 g/mol. The monoisotopic (exact) mass is 449 g/mol. The number of benzene rings is 4. The van der Waals surface area contributed by atoms with Crippen molar-refractivity contribution in [3.63, 3.8) is 0 Å². The molecule has 0 saturated carbocycles. The standard InChI is InChI=1S/C24H17Cl2N3O2/c25-21-10-9-17(12-22(21)26)24(31)27-14-23(30)29-28-13-20-18-7-3-1-5-15(18)11-16-6-2-4-8-19(16)20/h1-13H,14H2,(H,27,31)(H,29,30). The lowest BCUT2D eigenvalue weighted by atomic mass is 9.97. The molecule has 0 unspecified atom stereocenters. The topological polar surface area (TPSA) is 70.6 Å². The van der Waals surface area contributed by atoms with Crippen molar-refractivity contribution >= 4 is 62.8 Å². The van der Waals surface area contributed by atoms with Crippen LogP contribution in [0.4, 0.5) is 0 Å². The fourth-order valence-corrected chi connectivity index (χ4v) is 3.59. The molecule has 0 radical (unpaired) electrons. The molecule has 0 aromatic heterocycles. The molecule has 0 aliphatic carbocycles. The summed E-state index contributed by atoms with van der Waals surface area (Å²) in [4.78, 5) is 24.3. The molecule has 154 valence electrons. The van der Waals surface area contributed by atoms with Crippen molar-refractivity contribution in [3.05, 3.63) is 94.0 Å². The van der Waals surface area contributed by atoms with Gasteiger partial charge in [0.15, 0.2) is 0 Å². The zero-order valence-electron chi connectivity index (χ0n) is 16.2. The Kier molecular flexibility index (Phi) is 6.16. The van der Waals surface area contributed by atoms with Crippen molar-refractivity contribution < 1.29 is 9.59 Å². The minimum Gasteiger partial charge on any atom is -0.343 e. The highest BCUT2D eigenvalue weighted by atomic mass is 35.5. The summed E-state index contributed by atoms with van der Waals surface area (Å²) in [6, 6.07) is 22.6. The molecular weight excluding hydrogens is 433 g/mol. The van der Waals surface area contributed by atoms with E-state index in [4.69, 9.17) is 23.2 Å². The van der Waals surface area contributed by atoms with Gasteiger partial charge in [0, 0.05) is 11.1 Å². The first-order chi connectivity index (χ1) is 15.0. The van der Waals surface area contributed by atoms with Crippen LogP contribution in [0.3, 0.4) is 0 Å². The van der Waals surface area contributed by atoms with Gasteiger partial charge in [-0.25, -0.2) is 5.43 Å². The second-order valence-corrected chi connectivity index (χ2v) is 7.65. The van der Waals surface area contributed by atoms with Crippen LogP contribution in [0.25, 0.3) is 21.5 Å². The van der Waals surface area contributed by atoms with Gasteiger partial charge in [0.1, 0.15) is 0 Å². The zero-order valence-corrected chi connectivity index (χ0v) is 17.7. The maximum Gasteiger partial charge on any atom is 0.259 e. The lowest BCUT2D eigenvalue weighted by Crippen LogP contribution is -2.34. The van der Waals surface area contributed by atoms with Crippen LogP contribution >= 0.6 is 23.2 Å². The van der Waals surface area contributed by atoms with E-state index in [1.165, 1.54) is 18.2 Å². The van der Waals surface area contributed by atoms with E-state index < -0.39 is 11.8 Å². The van der Waals surface area contributed by atoms with Crippen molar-refractivity contribution in [3.8, 4) is 0 Å². The number of carbonyl (C=O) groups excluding carboxylic acids is 2. The van der Waals surface area contributed by atoms with Gasteiger partial charge in [-0.1, -0.05) is 71.7 Å². The van der Waals surface area contributed by atoms with Gasteiger partial charge in [0.2, 0.25) is 0 Å². The normalized spacial score (nSPS) is 11.2. The predicted molar refractivity (Wildman–Crippen MR) is 126 cm³/mol. The Labute approximate surface area is 188 Å². The second kappa shape index (κ2) is 9.16. The first kappa shape index (κ1) is 20.8. The zero-order chi connectivity index (χ0) is 21.8. The van der Waals surface area contributed by atoms with E-state index in [-0.39, 0.29) is 11.6 Å². The van der Waals surface area contributed by atoms with Crippen LogP contribution in [0.2, 0.25) is 10.0 Å². The smallest absolute Gasteiger partial charge is 0.259 e. The van der Waals surface area contributed by atoms with Gasteiger partial charge in [0.25, 0.3) is 11.8 Å². The van der Waals surface area contributed by atoms with Gasteiger partial charge >= 0.3 is 0 Å². The number of nitrogens with zero attached hydrogens (tertiary/aromatic N) is 1. The average Bonchev–Trinajstić information content (AvgIpc) is 2.78. The van der Waals surface area contributed by atoms with Crippen LogP contribution in [-0.4, -0.2) is 24.6 Å². The van der Waals surface area contributed by atoms with E-state index in [0.29, 0.717) is 10.6 Å². The van der Waals surface area contributed by atoms with Crippen LogP contribution in [0.15, 0.2) is 77.9 Å². The van der Waals surface area contributed by atoms with Crippen LogP contribution in [0.1, 0.15) is 15.9 Å². The van der Waals surface area contributed by atoms with E-state index >= 15 is 0 Å². The molecule has 0 atom stereocenters. The lowest BCUT2D eigenvalue weighted by molar-refractivity contribution is -0.120. The molecule has 4 rings (SSSR count). The summed E-state index contributed by atoms with van der Waals surface area (Å²) < 4.78 is 0. The van der Waals surface area contributed by atoms with Gasteiger partial charge in [0.05, 0.1) is 22.8 Å². The maximum absolute atomic E-state index is 12.2. The summed E-state index contributed by atoms with van der Waals surface area (Å²) in [7, 11) is 0. The minimum absolute atomic E-state index is 0.229. The van der Waals surface area contributed by atoms with Crippen LogP contribution in [0, 0.1) is 0 Å². The number of hydrazone groups is 1. The molecule has 0 heterocycles. The quantitative estimate of drug-likeness (QED) is 0.250. The van der Waals surface area contributed by atoms with Crippen molar-refractivity contribution in [1.82, 2.24) is 10.7 Å². The predicted octanol–water partition coefficient (Wildman–Crippen LogP) is 5.18. The Hall–Kier alpha value is -3.41. The largest absolute Gasteiger partial charge is 0.343 e. The number of fused-ring (bicyclic) bond motifs is 2. The number of amides is 2. The van der Waals surface area contributed by atoms with E-state index in [1.807, 2.05) is 48.5 Å². The Morgan fingerprint density at radius 2 is 1.48 bits per heavy atom. The van der Waals surface area contributed by atoms with Crippen molar-refractivity contribution in [2.75, 3.05) is 6.54 Å². The van der Waals surface area contributed by atoms with E-state index in [9.17, 15) is 9.59 Å². The minimum atomic E-state index is -0.450. The molecule has 2 N–H and O–H groups in total. The third kappa shape index (κ3) is 4.68. The highest BCUT2D eigenvalue weighted by Gasteiger charge is 2.10. The van der Waals surface area contributed by atoms with Crippen LogP contribution in [-0.2, 0) is 4.79 Å². The molecule has 0 spiro atoms. The van der Waals surface area contributed by atoms with Gasteiger partial charge < -0.3 is 5.32 Å². The highest BCUT2D eigenvalue weighted by Crippen LogP contribution is 2.27. The fourth-order valence-electron chi connectivity index (χ4n) is 3.30. The molecule has 4 aromatic rings. The Morgan fingerprint density at radius 3 is 2.13 bits per heavy atom. The third-order valence-electron chi connectivity index (χ3n) is 4.79.